The SMILES string of the molecule is COCC(Cc1ccc(Cl)cc1)C(=O)N1CCCN(C(=O)c2ccc(F)cc2)CC1. The van der Waals surface area contributed by atoms with E-state index >= 15 is 0 Å². The van der Waals surface area contributed by atoms with Gasteiger partial charge in [0.15, 0.2) is 0 Å². The van der Waals surface area contributed by atoms with Crippen LogP contribution in [0.2, 0.25) is 5.02 Å². The fourth-order valence-corrected chi connectivity index (χ4v) is 3.82. The van der Waals surface area contributed by atoms with E-state index < -0.39 is 0 Å². The lowest BCUT2D eigenvalue weighted by atomic mass is 9.98. The third kappa shape index (κ3) is 5.80. The molecular formula is C23H26ClFN2O3. The number of nitrogens with zero attached hydrogens (tertiary/aromatic N) is 2. The molecule has 1 heterocycles. The van der Waals surface area contributed by atoms with Gasteiger partial charge in [-0.25, -0.2) is 4.39 Å². The van der Waals surface area contributed by atoms with E-state index in [4.69, 9.17) is 16.3 Å². The zero-order valence-corrected chi connectivity index (χ0v) is 17.8. The van der Waals surface area contributed by atoms with Crippen molar-refractivity contribution in [2.24, 2.45) is 5.92 Å². The van der Waals surface area contributed by atoms with Gasteiger partial charge in [-0.1, -0.05) is 23.7 Å². The molecule has 1 aliphatic heterocycles. The topological polar surface area (TPSA) is 49.9 Å². The van der Waals surface area contributed by atoms with E-state index in [1.165, 1.54) is 24.3 Å². The summed E-state index contributed by atoms with van der Waals surface area (Å²) < 4.78 is 18.4. The molecule has 7 heteroatoms. The number of benzene rings is 2. The number of methoxy groups -OCH3 is 1. The number of carbonyl (C=O) groups is 2. The molecule has 2 aromatic rings. The molecule has 3 rings (SSSR count). The number of amides is 2. The van der Waals surface area contributed by atoms with Crippen molar-refractivity contribution in [3.05, 3.63) is 70.5 Å². The minimum Gasteiger partial charge on any atom is -0.384 e. The minimum atomic E-state index is -0.371. The molecule has 2 aromatic carbocycles. The first kappa shape index (κ1) is 22.2. The molecule has 0 bridgehead atoms. The summed E-state index contributed by atoms with van der Waals surface area (Å²) in [6.45, 7) is 2.39. The molecule has 1 fully saturated rings. The molecule has 1 aliphatic rings. The van der Waals surface area contributed by atoms with Gasteiger partial charge in [0.2, 0.25) is 5.91 Å². The van der Waals surface area contributed by atoms with Crippen molar-refractivity contribution < 1.29 is 18.7 Å². The largest absolute Gasteiger partial charge is 0.384 e. The van der Waals surface area contributed by atoms with Crippen LogP contribution >= 0.6 is 11.6 Å². The van der Waals surface area contributed by atoms with Crippen LogP contribution in [-0.2, 0) is 16.0 Å². The quantitative estimate of drug-likeness (QED) is 0.700. The highest BCUT2D eigenvalue weighted by molar-refractivity contribution is 6.30. The Balaban J connectivity index is 1.63. The van der Waals surface area contributed by atoms with E-state index in [1.54, 1.807) is 12.0 Å². The molecule has 0 N–H and O–H groups in total. The van der Waals surface area contributed by atoms with Crippen LogP contribution in [0.1, 0.15) is 22.3 Å². The summed E-state index contributed by atoms with van der Waals surface area (Å²) in [4.78, 5) is 29.4. The van der Waals surface area contributed by atoms with Gasteiger partial charge in [0, 0.05) is 43.9 Å². The van der Waals surface area contributed by atoms with Crippen LogP contribution in [0.3, 0.4) is 0 Å². The molecular weight excluding hydrogens is 407 g/mol. The molecule has 160 valence electrons. The van der Waals surface area contributed by atoms with Crippen LogP contribution < -0.4 is 0 Å². The van der Waals surface area contributed by atoms with Gasteiger partial charge in [0.05, 0.1) is 12.5 Å². The summed E-state index contributed by atoms with van der Waals surface area (Å²) in [7, 11) is 1.59. The summed E-state index contributed by atoms with van der Waals surface area (Å²) in [5.41, 5.74) is 1.48. The summed E-state index contributed by atoms with van der Waals surface area (Å²) in [6, 6.07) is 13.0. The van der Waals surface area contributed by atoms with Gasteiger partial charge in [0.1, 0.15) is 5.82 Å². The average molecular weight is 433 g/mol. The van der Waals surface area contributed by atoms with Gasteiger partial charge >= 0.3 is 0 Å². The summed E-state index contributed by atoms with van der Waals surface area (Å²) >= 11 is 5.95. The van der Waals surface area contributed by atoms with Crippen LogP contribution in [0.25, 0.3) is 0 Å². The highest BCUT2D eigenvalue weighted by Gasteiger charge is 2.28. The van der Waals surface area contributed by atoms with Crippen LogP contribution in [-0.4, -0.2) is 61.5 Å². The second kappa shape index (κ2) is 10.5. The van der Waals surface area contributed by atoms with E-state index in [0.717, 1.165) is 5.56 Å². The Kier molecular flexibility index (Phi) is 7.82. The van der Waals surface area contributed by atoms with E-state index in [0.29, 0.717) is 56.2 Å². The lowest BCUT2D eigenvalue weighted by Gasteiger charge is -2.26. The first-order chi connectivity index (χ1) is 14.5. The summed E-state index contributed by atoms with van der Waals surface area (Å²) in [6.07, 6.45) is 1.26. The number of carbonyl (C=O) groups excluding carboxylic acids is 2. The molecule has 5 nitrogen and oxygen atoms in total. The highest BCUT2D eigenvalue weighted by Crippen LogP contribution is 2.18. The second-order valence-electron chi connectivity index (χ2n) is 7.46. The van der Waals surface area contributed by atoms with Crippen molar-refractivity contribution in [3.63, 3.8) is 0 Å². The molecule has 0 spiro atoms. The Bertz CT molecular complexity index is 858. The number of hydrogen-bond donors (Lipinski definition) is 0. The second-order valence-corrected chi connectivity index (χ2v) is 7.90. The van der Waals surface area contributed by atoms with Gasteiger partial charge in [-0.15, -0.1) is 0 Å². The smallest absolute Gasteiger partial charge is 0.253 e. The van der Waals surface area contributed by atoms with Crippen molar-refractivity contribution >= 4 is 23.4 Å². The van der Waals surface area contributed by atoms with Crippen LogP contribution in [0.15, 0.2) is 48.5 Å². The molecule has 0 aliphatic carbocycles. The maximum atomic E-state index is 13.2. The number of ether oxygens (including phenoxy) is 1. The maximum absolute atomic E-state index is 13.2. The average Bonchev–Trinajstić information content (AvgIpc) is 3.01. The van der Waals surface area contributed by atoms with Crippen molar-refractivity contribution in [2.45, 2.75) is 12.8 Å². The zero-order chi connectivity index (χ0) is 21.5. The predicted molar refractivity (Wildman–Crippen MR) is 114 cm³/mol. The van der Waals surface area contributed by atoms with Crippen molar-refractivity contribution in [3.8, 4) is 0 Å². The fraction of sp³-hybridized carbons (Fsp3) is 0.391. The van der Waals surface area contributed by atoms with Crippen molar-refractivity contribution in [2.75, 3.05) is 39.9 Å². The molecule has 1 unspecified atom stereocenters. The van der Waals surface area contributed by atoms with E-state index in [9.17, 15) is 14.0 Å². The molecule has 1 atom stereocenters. The predicted octanol–water partition coefficient (Wildman–Crippen LogP) is 3.66. The monoisotopic (exact) mass is 432 g/mol. The van der Waals surface area contributed by atoms with Crippen molar-refractivity contribution in [1.82, 2.24) is 9.80 Å². The Morgan fingerprint density at radius 2 is 1.63 bits per heavy atom. The minimum absolute atomic E-state index is 0.0304. The van der Waals surface area contributed by atoms with Crippen molar-refractivity contribution in [1.29, 1.82) is 0 Å². The molecule has 0 saturated carbocycles. The first-order valence-electron chi connectivity index (χ1n) is 10.0. The first-order valence-corrected chi connectivity index (χ1v) is 10.4. The van der Waals surface area contributed by atoms with Gasteiger partial charge in [-0.05, 0) is 54.8 Å². The third-order valence-corrected chi connectivity index (χ3v) is 5.55. The standard InChI is InChI=1S/C23H26ClFN2O3/c1-30-16-19(15-17-3-7-20(24)8-4-17)23(29)27-12-2-11-26(13-14-27)22(28)18-5-9-21(25)10-6-18/h3-10,19H,2,11-16H2,1H3. The van der Waals surface area contributed by atoms with Crippen LogP contribution in [0.5, 0.6) is 0 Å². The Hall–Kier alpha value is -2.44. The fourth-order valence-electron chi connectivity index (χ4n) is 3.70. The zero-order valence-electron chi connectivity index (χ0n) is 17.0. The highest BCUT2D eigenvalue weighted by atomic mass is 35.5. The van der Waals surface area contributed by atoms with Crippen LogP contribution in [0, 0.1) is 11.7 Å². The normalized spacial score (nSPS) is 15.6. The van der Waals surface area contributed by atoms with E-state index in [2.05, 4.69) is 0 Å². The third-order valence-electron chi connectivity index (χ3n) is 5.30. The van der Waals surface area contributed by atoms with Gasteiger partial charge in [-0.3, -0.25) is 9.59 Å². The molecule has 2 amide bonds. The Labute approximate surface area is 181 Å². The number of rotatable bonds is 6. The van der Waals surface area contributed by atoms with E-state index in [1.807, 2.05) is 29.2 Å². The van der Waals surface area contributed by atoms with E-state index in [-0.39, 0.29) is 23.5 Å². The maximum Gasteiger partial charge on any atom is 0.253 e. The Morgan fingerprint density at radius 1 is 1.00 bits per heavy atom. The van der Waals surface area contributed by atoms with Gasteiger partial charge in [-0.2, -0.15) is 0 Å². The molecule has 30 heavy (non-hydrogen) atoms. The number of halogens is 2. The molecule has 0 radical (unpaired) electrons. The summed E-state index contributed by atoms with van der Waals surface area (Å²) in [5, 5.41) is 0.659. The molecule has 0 aromatic heterocycles. The molecule has 1 saturated heterocycles. The van der Waals surface area contributed by atoms with Crippen LogP contribution in [0.4, 0.5) is 4.39 Å². The number of hydrogen-bond acceptors (Lipinski definition) is 3. The van der Waals surface area contributed by atoms with Gasteiger partial charge < -0.3 is 14.5 Å². The lowest BCUT2D eigenvalue weighted by Crippen LogP contribution is -2.41. The lowest BCUT2D eigenvalue weighted by molar-refractivity contribution is -0.137. The van der Waals surface area contributed by atoms with Gasteiger partial charge in [0.25, 0.3) is 5.91 Å². The Morgan fingerprint density at radius 3 is 2.30 bits per heavy atom. The summed E-state index contributed by atoms with van der Waals surface area (Å²) in [5.74, 6) is -0.777.